The van der Waals surface area contributed by atoms with Gasteiger partial charge in [-0.25, -0.2) is 0 Å². The van der Waals surface area contributed by atoms with Gasteiger partial charge in [0.15, 0.2) is 0 Å². The van der Waals surface area contributed by atoms with Gasteiger partial charge in [0.25, 0.3) is 0 Å². The van der Waals surface area contributed by atoms with Gasteiger partial charge in [0, 0.05) is 6.42 Å². The highest BCUT2D eigenvalue weighted by atomic mass is 19.4. The third-order valence-corrected chi connectivity index (χ3v) is 3.01. The Morgan fingerprint density at radius 2 is 1.55 bits per heavy atom. The predicted molar refractivity (Wildman–Crippen MR) is 64.8 cm³/mol. The van der Waals surface area contributed by atoms with Gasteiger partial charge in [-0.1, -0.05) is 26.7 Å². The SMILES string of the molecule is CCCCC(CC(F)(F)C(F)(F)C(F)(F)F)C(=O)OCCC. The molecule has 0 N–H and O–H groups in total. The zero-order chi connectivity index (χ0) is 17.6. The molecule has 0 rings (SSSR count). The van der Waals surface area contributed by atoms with Crippen molar-refractivity contribution in [2.24, 2.45) is 5.92 Å². The molecule has 0 amide bonds. The van der Waals surface area contributed by atoms with Crippen LogP contribution in [0.5, 0.6) is 0 Å². The van der Waals surface area contributed by atoms with E-state index in [-0.39, 0.29) is 19.4 Å². The Labute approximate surface area is 124 Å². The topological polar surface area (TPSA) is 26.3 Å². The molecule has 0 saturated carbocycles. The quantitative estimate of drug-likeness (QED) is 0.438. The van der Waals surface area contributed by atoms with Crippen molar-refractivity contribution < 1.29 is 40.3 Å². The molecule has 0 bridgehead atoms. The van der Waals surface area contributed by atoms with Crippen molar-refractivity contribution >= 4 is 5.97 Å². The largest absolute Gasteiger partial charge is 0.465 e. The summed E-state index contributed by atoms with van der Waals surface area (Å²) in [5.41, 5.74) is 0. The van der Waals surface area contributed by atoms with E-state index in [0.29, 0.717) is 12.8 Å². The molecule has 0 aromatic carbocycles. The molecule has 0 aliphatic carbocycles. The molecule has 1 unspecified atom stereocenters. The van der Waals surface area contributed by atoms with E-state index in [9.17, 15) is 35.5 Å². The van der Waals surface area contributed by atoms with Gasteiger partial charge in [0.05, 0.1) is 12.5 Å². The number of hydrogen-bond acceptors (Lipinski definition) is 2. The first-order valence-electron chi connectivity index (χ1n) is 6.89. The van der Waals surface area contributed by atoms with E-state index in [1.165, 1.54) is 0 Å². The summed E-state index contributed by atoms with van der Waals surface area (Å²) in [6.07, 6.45) is -7.44. The number of unbranched alkanes of at least 4 members (excludes halogenated alkanes) is 1. The van der Waals surface area contributed by atoms with Crippen molar-refractivity contribution in [3.8, 4) is 0 Å². The predicted octanol–water partition coefficient (Wildman–Crippen LogP) is 4.97. The number of ether oxygens (including phenoxy) is 1. The zero-order valence-corrected chi connectivity index (χ0v) is 12.3. The summed E-state index contributed by atoms with van der Waals surface area (Å²) >= 11 is 0. The molecule has 0 aliphatic heterocycles. The van der Waals surface area contributed by atoms with Gasteiger partial charge in [-0.15, -0.1) is 0 Å². The fourth-order valence-corrected chi connectivity index (χ4v) is 1.72. The van der Waals surface area contributed by atoms with Gasteiger partial charge in [-0.05, 0) is 12.8 Å². The van der Waals surface area contributed by atoms with E-state index >= 15 is 0 Å². The van der Waals surface area contributed by atoms with Crippen molar-refractivity contribution in [2.45, 2.75) is 64.0 Å². The number of rotatable bonds is 9. The van der Waals surface area contributed by atoms with Crippen LogP contribution in [-0.2, 0) is 9.53 Å². The lowest BCUT2D eigenvalue weighted by molar-refractivity contribution is -0.357. The molecular formula is C13H19F7O2. The number of esters is 1. The second-order valence-corrected chi connectivity index (χ2v) is 4.99. The summed E-state index contributed by atoms with van der Waals surface area (Å²) in [7, 11) is 0. The Balaban J connectivity index is 5.14. The van der Waals surface area contributed by atoms with Crippen molar-refractivity contribution in [1.82, 2.24) is 0 Å². The third kappa shape index (κ3) is 5.31. The monoisotopic (exact) mass is 340 g/mol. The normalized spacial score (nSPS) is 14.8. The van der Waals surface area contributed by atoms with E-state index in [1.54, 1.807) is 13.8 Å². The number of carbonyl (C=O) groups is 1. The first kappa shape index (κ1) is 21.0. The summed E-state index contributed by atoms with van der Waals surface area (Å²) in [6, 6.07) is 0. The first-order chi connectivity index (χ1) is 9.90. The molecule has 0 fully saturated rings. The van der Waals surface area contributed by atoms with Gasteiger partial charge in [0.2, 0.25) is 0 Å². The van der Waals surface area contributed by atoms with E-state index in [0.717, 1.165) is 0 Å². The summed E-state index contributed by atoms with van der Waals surface area (Å²) < 4.78 is 93.4. The summed E-state index contributed by atoms with van der Waals surface area (Å²) in [5, 5.41) is 0. The van der Waals surface area contributed by atoms with Gasteiger partial charge in [0.1, 0.15) is 0 Å². The van der Waals surface area contributed by atoms with E-state index in [4.69, 9.17) is 0 Å². The third-order valence-electron chi connectivity index (χ3n) is 3.01. The van der Waals surface area contributed by atoms with Gasteiger partial charge in [-0.2, -0.15) is 30.7 Å². The van der Waals surface area contributed by atoms with Crippen molar-refractivity contribution in [1.29, 1.82) is 0 Å². The average Bonchev–Trinajstić information content (AvgIpc) is 2.39. The van der Waals surface area contributed by atoms with Crippen LogP contribution >= 0.6 is 0 Å². The maximum Gasteiger partial charge on any atom is 0.459 e. The molecule has 22 heavy (non-hydrogen) atoms. The summed E-state index contributed by atoms with van der Waals surface area (Å²) in [4.78, 5) is 11.6. The summed E-state index contributed by atoms with van der Waals surface area (Å²) in [5.74, 6) is -14.5. The maximum absolute atomic E-state index is 13.4. The Morgan fingerprint density at radius 1 is 1.00 bits per heavy atom. The smallest absolute Gasteiger partial charge is 0.459 e. The molecule has 0 saturated heterocycles. The zero-order valence-electron chi connectivity index (χ0n) is 12.3. The minimum atomic E-state index is -6.39. The summed E-state index contributed by atoms with van der Waals surface area (Å²) in [6.45, 7) is 3.18. The van der Waals surface area contributed by atoms with E-state index in [1.807, 2.05) is 0 Å². The number of carbonyl (C=O) groups excluding carboxylic acids is 1. The van der Waals surface area contributed by atoms with Gasteiger partial charge >= 0.3 is 24.0 Å². The molecular weight excluding hydrogens is 321 g/mol. The van der Waals surface area contributed by atoms with Crippen LogP contribution in [0.1, 0.15) is 46.0 Å². The lowest BCUT2D eigenvalue weighted by atomic mass is 9.92. The molecule has 0 heterocycles. The maximum atomic E-state index is 13.4. The Kier molecular flexibility index (Phi) is 7.64. The second-order valence-electron chi connectivity index (χ2n) is 4.99. The Morgan fingerprint density at radius 3 is 1.95 bits per heavy atom. The van der Waals surface area contributed by atoms with Crippen LogP contribution < -0.4 is 0 Å². The van der Waals surface area contributed by atoms with E-state index in [2.05, 4.69) is 4.74 Å². The minimum Gasteiger partial charge on any atom is -0.465 e. The number of halogens is 7. The molecule has 0 aromatic rings. The second kappa shape index (κ2) is 8.01. The van der Waals surface area contributed by atoms with E-state index < -0.39 is 36.3 Å². The van der Waals surface area contributed by atoms with Crippen LogP contribution in [-0.4, -0.2) is 30.6 Å². The van der Waals surface area contributed by atoms with Crippen LogP contribution in [0.2, 0.25) is 0 Å². The Hall–Kier alpha value is -1.02. The molecule has 9 heteroatoms. The molecule has 0 aromatic heterocycles. The lowest BCUT2D eigenvalue weighted by Gasteiger charge is -2.30. The van der Waals surface area contributed by atoms with Crippen molar-refractivity contribution in [3.05, 3.63) is 0 Å². The first-order valence-corrected chi connectivity index (χ1v) is 6.89. The van der Waals surface area contributed by atoms with Crippen LogP contribution in [0.3, 0.4) is 0 Å². The number of alkyl halides is 7. The highest BCUT2D eigenvalue weighted by Gasteiger charge is 2.73. The van der Waals surface area contributed by atoms with Crippen LogP contribution in [0.25, 0.3) is 0 Å². The fraction of sp³-hybridized carbons (Fsp3) is 0.923. The van der Waals surface area contributed by atoms with Crippen molar-refractivity contribution in [2.75, 3.05) is 6.61 Å². The van der Waals surface area contributed by atoms with Gasteiger partial charge in [-0.3, -0.25) is 4.79 Å². The van der Waals surface area contributed by atoms with Crippen LogP contribution in [0, 0.1) is 5.92 Å². The number of hydrogen-bond donors (Lipinski definition) is 0. The molecule has 2 nitrogen and oxygen atoms in total. The molecule has 0 aliphatic rings. The fourth-order valence-electron chi connectivity index (χ4n) is 1.72. The molecule has 0 radical (unpaired) electrons. The lowest BCUT2D eigenvalue weighted by Crippen LogP contribution is -2.53. The standard InChI is InChI=1S/C13H19F7O2/c1-3-5-6-9(10(21)22-7-4-2)8-11(14,15)12(16,17)13(18,19)20/h9H,3-8H2,1-2H3. The highest BCUT2D eigenvalue weighted by Crippen LogP contribution is 2.49. The molecule has 1 atom stereocenters. The highest BCUT2D eigenvalue weighted by molar-refractivity contribution is 5.72. The molecule has 0 spiro atoms. The molecule has 132 valence electrons. The average molecular weight is 340 g/mol. The van der Waals surface area contributed by atoms with Crippen molar-refractivity contribution in [3.63, 3.8) is 0 Å². The van der Waals surface area contributed by atoms with Gasteiger partial charge < -0.3 is 4.74 Å². The Bertz CT molecular complexity index is 353. The van der Waals surface area contributed by atoms with Crippen LogP contribution in [0.4, 0.5) is 30.7 Å². The minimum absolute atomic E-state index is 0.108. The van der Waals surface area contributed by atoms with Crippen LogP contribution in [0.15, 0.2) is 0 Å².